The van der Waals surface area contributed by atoms with Gasteiger partial charge in [0.1, 0.15) is 0 Å². The minimum absolute atomic E-state index is 0. The predicted octanol–water partition coefficient (Wildman–Crippen LogP) is 0.977. The minimum Gasteiger partial charge on any atom is -0.341 e. The molecule has 104 valence electrons. The van der Waals surface area contributed by atoms with E-state index in [0.717, 1.165) is 26.1 Å². The zero-order valence-electron chi connectivity index (χ0n) is 10.9. The van der Waals surface area contributed by atoms with Gasteiger partial charge in [0.2, 0.25) is 5.91 Å². The average Bonchev–Trinajstić information content (AvgIpc) is 2.26. The molecule has 17 heavy (non-hydrogen) atoms. The lowest BCUT2D eigenvalue weighted by atomic mass is 9.92. The van der Waals surface area contributed by atoms with Crippen molar-refractivity contribution in [1.29, 1.82) is 0 Å². The van der Waals surface area contributed by atoms with Crippen LogP contribution in [0, 0.1) is 5.92 Å². The summed E-state index contributed by atoms with van der Waals surface area (Å²) in [6, 6.07) is 0.365. The van der Waals surface area contributed by atoms with Crippen LogP contribution < -0.4 is 5.73 Å². The largest absolute Gasteiger partial charge is 0.341 e. The van der Waals surface area contributed by atoms with Crippen molar-refractivity contribution in [2.45, 2.75) is 26.3 Å². The van der Waals surface area contributed by atoms with Gasteiger partial charge in [-0.1, -0.05) is 13.8 Å². The van der Waals surface area contributed by atoms with Crippen LogP contribution in [0.1, 0.15) is 20.3 Å². The molecule has 4 nitrogen and oxygen atoms in total. The van der Waals surface area contributed by atoms with Crippen molar-refractivity contribution < 1.29 is 4.79 Å². The van der Waals surface area contributed by atoms with Gasteiger partial charge in [0.15, 0.2) is 0 Å². The van der Waals surface area contributed by atoms with Gasteiger partial charge < -0.3 is 15.5 Å². The smallest absolute Gasteiger partial charge is 0.236 e. The Balaban J connectivity index is 0. The first kappa shape index (κ1) is 19.3. The van der Waals surface area contributed by atoms with E-state index in [-0.39, 0.29) is 37.3 Å². The summed E-state index contributed by atoms with van der Waals surface area (Å²) in [5, 5.41) is 0. The topological polar surface area (TPSA) is 49.6 Å². The van der Waals surface area contributed by atoms with Crippen molar-refractivity contribution in [3.05, 3.63) is 0 Å². The lowest BCUT2D eigenvalue weighted by Crippen LogP contribution is -2.51. The number of likely N-dealkylation sites (tertiary alicyclic amines) is 1. The molecule has 1 aliphatic rings. The first-order valence-corrected chi connectivity index (χ1v) is 5.78. The Hall–Kier alpha value is -0.0300. The van der Waals surface area contributed by atoms with Crippen LogP contribution in [0.25, 0.3) is 0 Å². The van der Waals surface area contributed by atoms with Crippen molar-refractivity contribution in [1.82, 2.24) is 9.80 Å². The number of nitrogens with zero attached hydrogens (tertiary/aromatic N) is 2. The van der Waals surface area contributed by atoms with Crippen LogP contribution in [0.3, 0.4) is 0 Å². The second kappa shape index (κ2) is 8.97. The number of nitrogens with two attached hydrogens (primary N) is 1. The average molecular weight is 286 g/mol. The number of hydrogen-bond acceptors (Lipinski definition) is 3. The van der Waals surface area contributed by atoms with E-state index in [4.69, 9.17) is 5.73 Å². The van der Waals surface area contributed by atoms with Crippen LogP contribution in [0.15, 0.2) is 0 Å². The maximum Gasteiger partial charge on any atom is 0.236 e. The van der Waals surface area contributed by atoms with Gasteiger partial charge in [-0.25, -0.2) is 0 Å². The molecule has 0 bridgehead atoms. The highest BCUT2D eigenvalue weighted by molar-refractivity contribution is 5.85. The Labute approximate surface area is 117 Å². The van der Waals surface area contributed by atoms with Crippen molar-refractivity contribution in [3.63, 3.8) is 0 Å². The first-order valence-electron chi connectivity index (χ1n) is 5.78. The van der Waals surface area contributed by atoms with Crippen molar-refractivity contribution in [2.24, 2.45) is 11.7 Å². The molecule has 1 aliphatic heterocycles. The third-order valence-corrected chi connectivity index (χ3v) is 3.46. The van der Waals surface area contributed by atoms with Gasteiger partial charge in [-0.3, -0.25) is 4.79 Å². The molecule has 1 saturated heterocycles. The summed E-state index contributed by atoms with van der Waals surface area (Å²) >= 11 is 0. The number of carbonyl (C=O) groups is 1. The van der Waals surface area contributed by atoms with Gasteiger partial charge in [0.05, 0.1) is 6.54 Å². The number of carbonyl (C=O) groups excluding carboxylic acids is 1. The molecule has 0 radical (unpaired) electrons. The van der Waals surface area contributed by atoms with Crippen LogP contribution in [0.2, 0.25) is 0 Å². The maximum absolute atomic E-state index is 11.5. The highest BCUT2D eigenvalue weighted by Gasteiger charge is 2.29. The van der Waals surface area contributed by atoms with Crippen LogP contribution in [0.5, 0.6) is 0 Å². The molecule has 0 aromatic heterocycles. The zero-order chi connectivity index (χ0) is 11.4. The fourth-order valence-electron chi connectivity index (χ4n) is 2.41. The highest BCUT2D eigenvalue weighted by atomic mass is 35.5. The van der Waals surface area contributed by atoms with E-state index in [2.05, 4.69) is 18.7 Å². The summed E-state index contributed by atoms with van der Waals surface area (Å²) in [6.07, 6.45) is 1.07. The van der Waals surface area contributed by atoms with Gasteiger partial charge >= 0.3 is 0 Å². The monoisotopic (exact) mass is 285 g/mol. The Kier molecular flexibility index (Phi) is 10.2. The van der Waals surface area contributed by atoms with E-state index in [1.54, 1.807) is 0 Å². The molecular weight excluding hydrogens is 261 g/mol. The lowest BCUT2D eigenvalue weighted by Gasteiger charge is -2.40. The Morgan fingerprint density at radius 3 is 2.47 bits per heavy atom. The number of rotatable bonds is 3. The molecule has 0 aliphatic carbocycles. The summed E-state index contributed by atoms with van der Waals surface area (Å²) < 4.78 is 0. The van der Waals surface area contributed by atoms with Crippen LogP contribution >= 0.6 is 24.8 Å². The normalized spacial score (nSPS) is 24.5. The SMILES string of the molecule is CCN1CCC(N(C)C(=O)CN)C(C)C1.Cl.Cl. The van der Waals surface area contributed by atoms with E-state index in [1.165, 1.54) is 0 Å². The van der Waals surface area contributed by atoms with Gasteiger partial charge in [-0.2, -0.15) is 0 Å². The molecule has 0 aromatic carbocycles. The van der Waals surface area contributed by atoms with Crippen LogP contribution in [0.4, 0.5) is 0 Å². The van der Waals surface area contributed by atoms with E-state index in [1.807, 2.05) is 11.9 Å². The van der Waals surface area contributed by atoms with Gasteiger partial charge in [-0.15, -0.1) is 24.8 Å². The van der Waals surface area contributed by atoms with Crippen LogP contribution in [-0.2, 0) is 4.79 Å². The third-order valence-electron chi connectivity index (χ3n) is 3.46. The molecule has 2 unspecified atom stereocenters. The fraction of sp³-hybridized carbons (Fsp3) is 0.909. The van der Waals surface area contributed by atoms with Crippen molar-refractivity contribution >= 4 is 30.7 Å². The molecule has 6 heteroatoms. The van der Waals surface area contributed by atoms with Crippen molar-refractivity contribution in [2.75, 3.05) is 33.2 Å². The quantitative estimate of drug-likeness (QED) is 0.841. The minimum atomic E-state index is 0. The third kappa shape index (κ3) is 5.00. The molecular formula is C11H25Cl2N3O. The predicted molar refractivity (Wildman–Crippen MR) is 76.0 cm³/mol. The molecule has 2 N–H and O–H groups in total. The van der Waals surface area contributed by atoms with Gasteiger partial charge in [-0.05, 0) is 18.9 Å². The summed E-state index contributed by atoms with van der Waals surface area (Å²) in [6.45, 7) is 7.80. The molecule has 1 rings (SSSR count). The second-order valence-corrected chi connectivity index (χ2v) is 4.44. The summed E-state index contributed by atoms with van der Waals surface area (Å²) in [5.41, 5.74) is 5.38. The summed E-state index contributed by atoms with van der Waals surface area (Å²) in [7, 11) is 1.87. The second-order valence-electron chi connectivity index (χ2n) is 4.44. The molecule has 0 aromatic rings. The molecule has 1 heterocycles. The molecule has 0 spiro atoms. The first-order chi connectivity index (χ1) is 7.10. The lowest BCUT2D eigenvalue weighted by molar-refractivity contribution is -0.132. The number of likely N-dealkylation sites (N-methyl/N-ethyl adjacent to an activating group) is 1. The van der Waals surface area contributed by atoms with Crippen LogP contribution in [-0.4, -0.2) is 55.0 Å². The van der Waals surface area contributed by atoms with Gasteiger partial charge in [0.25, 0.3) is 0 Å². The standard InChI is InChI=1S/C11H23N3O.2ClH/c1-4-14-6-5-10(9(2)8-14)13(3)11(15)7-12;;/h9-10H,4-8,12H2,1-3H3;2*1H. The molecule has 2 atom stereocenters. The van der Waals surface area contributed by atoms with E-state index >= 15 is 0 Å². The Morgan fingerprint density at radius 2 is 2.06 bits per heavy atom. The molecule has 0 saturated carbocycles. The Bertz CT molecular complexity index is 229. The Morgan fingerprint density at radius 1 is 1.47 bits per heavy atom. The number of halogens is 2. The highest BCUT2D eigenvalue weighted by Crippen LogP contribution is 2.20. The zero-order valence-corrected chi connectivity index (χ0v) is 12.5. The van der Waals surface area contributed by atoms with E-state index in [0.29, 0.717) is 12.0 Å². The number of amides is 1. The molecule has 1 amide bonds. The van der Waals surface area contributed by atoms with Gasteiger partial charge in [0, 0.05) is 26.2 Å². The van der Waals surface area contributed by atoms with E-state index < -0.39 is 0 Å². The van der Waals surface area contributed by atoms with Crippen molar-refractivity contribution in [3.8, 4) is 0 Å². The summed E-state index contributed by atoms with van der Waals surface area (Å²) in [4.78, 5) is 15.8. The summed E-state index contributed by atoms with van der Waals surface area (Å²) in [5.74, 6) is 0.594. The fourth-order valence-corrected chi connectivity index (χ4v) is 2.41. The maximum atomic E-state index is 11.5. The molecule has 1 fully saturated rings. The van der Waals surface area contributed by atoms with E-state index in [9.17, 15) is 4.79 Å². The number of piperidine rings is 1. The number of hydrogen-bond donors (Lipinski definition) is 1.